The molecule has 0 radical (unpaired) electrons. The number of nitrogen functional groups attached to an aromatic ring is 1. The summed E-state index contributed by atoms with van der Waals surface area (Å²) in [4.78, 5) is 12.1. The first-order valence-corrected chi connectivity index (χ1v) is 6.29. The molecule has 6 nitrogen and oxygen atoms in total. The Morgan fingerprint density at radius 3 is 2.81 bits per heavy atom. The number of benzene rings is 1. The van der Waals surface area contributed by atoms with Crippen LogP contribution in [0.2, 0.25) is 0 Å². The van der Waals surface area contributed by atoms with Crippen molar-refractivity contribution in [3.63, 3.8) is 0 Å². The van der Waals surface area contributed by atoms with E-state index >= 15 is 0 Å². The first-order chi connectivity index (χ1) is 9.95. The number of amides is 1. The topological polar surface area (TPSA) is 108 Å². The van der Waals surface area contributed by atoms with Gasteiger partial charge in [-0.2, -0.15) is 10.4 Å². The van der Waals surface area contributed by atoms with Gasteiger partial charge in [-0.1, -0.05) is 19.9 Å². The molecular weight excluding hydrogens is 273 g/mol. The number of nitrogens with two attached hydrogens (primary N) is 1. The summed E-state index contributed by atoms with van der Waals surface area (Å²) in [7, 11) is 0. The Morgan fingerprint density at radius 1 is 1.52 bits per heavy atom. The lowest BCUT2D eigenvalue weighted by atomic mass is 10.1. The maximum atomic E-state index is 13.5. The van der Waals surface area contributed by atoms with E-state index in [0.29, 0.717) is 5.69 Å². The molecule has 2 aromatic rings. The molecule has 0 saturated carbocycles. The van der Waals surface area contributed by atoms with Gasteiger partial charge in [0.2, 0.25) is 0 Å². The second-order valence-electron chi connectivity index (χ2n) is 4.78. The van der Waals surface area contributed by atoms with Crippen LogP contribution in [0, 0.1) is 17.1 Å². The highest BCUT2D eigenvalue weighted by molar-refractivity contribution is 6.07. The molecule has 108 valence electrons. The van der Waals surface area contributed by atoms with Gasteiger partial charge in [0.05, 0.1) is 17.1 Å². The molecular formula is C14H14FN5O. The summed E-state index contributed by atoms with van der Waals surface area (Å²) in [5.74, 6) is -1.21. The van der Waals surface area contributed by atoms with Gasteiger partial charge in [-0.05, 0) is 18.1 Å². The maximum Gasteiger partial charge on any atom is 0.278 e. The minimum atomic E-state index is -0.701. The average Bonchev–Trinajstić information content (AvgIpc) is 2.81. The van der Waals surface area contributed by atoms with Gasteiger partial charge in [-0.3, -0.25) is 9.89 Å². The van der Waals surface area contributed by atoms with Gasteiger partial charge in [-0.15, -0.1) is 0 Å². The van der Waals surface area contributed by atoms with Crippen molar-refractivity contribution in [2.45, 2.75) is 19.8 Å². The summed E-state index contributed by atoms with van der Waals surface area (Å²) in [5.41, 5.74) is 6.63. The van der Waals surface area contributed by atoms with E-state index < -0.39 is 11.7 Å². The van der Waals surface area contributed by atoms with Gasteiger partial charge in [0.15, 0.2) is 5.69 Å². The monoisotopic (exact) mass is 287 g/mol. The molecule has 1 amide bonds. The molecule has 0 fully saturated rings. The number of anilines is 2. The summed E-state index contributed by atoms with van der Waals surface area (Å²) < 4.78 is 13.5. The SMILES string of the molecule is CC(C)c1[nH]nc(C(=O)Nc2cccc(F)c2C#N)c1N. The van der Waals surface area contributed by atoms with Crippen LogP contribution in [-0.2, 0) is 0 Å². The zero-order valence-corrected chi connectivity index (χ0v) is 11.6. The van der Waals surface area contributed by atoms with Gasteiger partial charge in [-0.25, -0.2) is 4.39 Å². The molecule has 1 heterocycles. The number of nitrogens with one attached hydrogen (secondary N) is 2. The second kappa shape index (κ2) is 5.63. The number of hydrogen-bond acceptors (Lipinski definition) is 4. The molecule has 0 unspecified atom stereocenters. The third kappa shape index (κ3) is 2.69. The number of hydrogen-bond donors (Lipinski definition) is 3. The molecule has 21 heavy (non-hydrogen) atoms. The van der Waals surface area contributed by atoms with Crippen molar-refractivity contribution in [2.75, 3.05) is 11.1 Å². The summed E-state index contributed by atoms with van der Waals surface area (Å²) in [6.07, 6.45) is 0. The predicted molar refractivity (Wildman–Crippen MR) is 76.2 cm³/mol. The lowest BCUT2D eigenvalue weighted by Crippen LogP contribution is -2.15. The molecule has 1 aromatic carbocycles. The van der Waals surface area contributed by atoms with Crippen molar-refractivity contribution in [1.29, 1.82) is 5.26 Å². The van der Waals surface area contributed by atoms with Crippen molar-refractivity contribution in [3.05, 3.63) is 41.0 Å². The number of nitriles is 1. The van der Waals surface area contributed by atoms with Gasteiger partial charge >= 0.3 is 0 Å². The van der Waals surface area contributed by atoms with E-state index in [2.05, 4.69) is 15.5 Å². The van der Waals surface area contributed by atoms with Gasteiger partial charge in [0, 0.05) is 0 Å². The minimum absolute atomic E-state index is 0.0202. The molecule has 0 aliphatic rings. The van der Waals surface area contributed by atoms with Crippen LogP contribution in [0.4, 0.5) is 15.8 Å². The summed E-state index contributed by atoms with van der Waals surface area (Å²) >= 11 is 0. The van der Waals surface area contributed by atoms with E-state index in [1.54, 1.807) is 6.07 Å². The fraction of sp³-hybridized carbons (Fsp3) is 0.214. The molecule has 0 atom stereocenters. The molecule has 2 rings (SSSR count). The van der Waals surface area contributed by atoms with E-state index in [1.165, 1.54) is 12.1 Å². The molecule has 0 bridgehead atoms. The Hall–Kier alpha value is -2.88. The molecule has 0 spiro atoms. The Kier molecular flexibility index (Phi) is 3.89. The van der Waals surface area contributed by atoms with Crippen molar-refractivity contribution < 1.29 is 9.18 Å². The third-order valence-electron chi connectivity index (χ3n) is 3.00. The fourth-order valence-corrected chi connectivity index (χ4v) is 1.90. The smallest absolute Gasteiger partial charge is 0.278 e. The number of H-pyrrole nitrogens is 1. The Balaban J connectivity index is 2.32. The largest absolute Gasteiger partial charge is 0.395 e. The van der Waals surface area contributed by atoms with Crippen molar-refractivity contribution in [2.24, 2.45) is 0 Å². The van der Waals surface area contributed by atoms with Crippen LogP contribution in [0.25, 0.3) is 0 Å². The number of aromatic amines is 1. The predicted octanol–water partition coefficient (Wildman–Crippen LogP) is 2.38. The molecule has 0 aliphatic carbocycles. The molecule has 7 heteroatoms. The summed E-state index contributed by atoms with van der Waals surface area (Å²) in [6, 6.07) is 5.69. The first-order valence-electron chi connectivity index (χ1n) is 6.29. The van der Waals surface area contributed by atoms with Crippen LogP contribution < -0.4 is 11.1 Å². The molecule has 0 saturated heterocycles. The van der Waals surface area contributed by atoms with E-state index in [-0.39, 0.29) is 28.6 Å². The standard InChI is InChI=1S/C14H14FN5O/c1-7(2)12-11(17)13(20-19-12)14(21)18-10-5-3-4-9(15)8(10)6-16/h3-5,7H,17H2,1-2H3,(H,18,21)(H,19,20). The van der Waals surface area contributed by atoms with Crippen molar-refractivity contribution >= 4 is 17.3 Å². The van der Waals surface area contributed by atoms with E-state index in [0.717, 1.165) is 6.07 Å². The summed E-state index contributed by atoms with van der Waals surface area (Å²) in [6.45, 7) is 3.82. The van der Waals surface area contributed by atoms with Crippen LogP contribution in [0.15, 0.2) is 18.2 Å². The van der Waals surface area contributed by atoms with E-state index in [9.17, 15) is 9.18 Å². The lowest BCUT2D eigenvalue weighted by Gasteiger charge is -2.07. The van der Waals surface area contributed by atoms with Crippen LogP contribution >= 0.6 is 0 Å². The zero-order chi connectivity index (χ0) is 15.6. The average molecular weight is 287 g/mol. The minimum Gasteiger partial charge on any atom is -0.395 e. The van der Waals surface area contributed by atoms with Gasteiger partial charge in [0.1, 0.15) is 17.4 Å². The van der Waals surface area contributed by atoms with Crippen LogP contribution in [0.3, 0.4) is 0 Å². The first kappa shape index (κ1) is 14.5. The lowest BCUT2D eigenvalue weighted by molar-refractivity contribution is 0.102. The Bertz CT molecular complexity index is 729. The van der Waals surface area contributed by atoms with Gasteiger partial charge < -0.3 is 11.1 Å². The Labute approximate surface area is 120 Å². The fourth-order valence-electron chi connectivity index (χ4n) is 1.90. The number of nitrogens with zero attached hydrogens (tertiary/aromatic N) is 2. The highest BCUT2D eigenvalue weighted by Crippen LogP contribution is 2.24. The third-order valence-corrected chi connectivity index (χ3v) is 3.00. The highest BCUT2D eigenvalue weighted by Gasteiger charge is 2.20. The van der Waals surface area contributed by atoms with Crippen LogP contribution in [0.1, 0.15) is 41.5 Å². The van der Waals surface area contributed by atoms with Crippen LogP contribution in [0.5, 0.6) is 0 Å². The number of aromatic nitrogens is 2. The number of rotatable bonds is 3. The maximum absolute atomic E-state index is 13.5. The molecule has 4 N–H and O–H groups in total. The van der Waals surface area contributed by atoms with Crippen molar-refractivity contribution in [1.82, 2.24) is 10.2 Å². The highest BCUT2D eigenvalue weighted by atomic mass is 19.1. The van der Waals surface area contributed by atoms with E-state index in [1.807, 2.05) is 13.8 Å². The summed E-state index contributed by atoms with van der Waals surface area (Å²) in [5, 5.41) is 18.0. The number of carbonyl (C=O) groups is 1. The molecule has 0 aliphatic heterocycles. The Morgan fingerprint density at radius 2 is 2.24 bits per heavy atom. The van der Waals surface area contributed by atoms with Gasteiger partial charge in [0.25, 0.3) is 5.91 Å². The van der Waals surface area contributed by atoms with Crippen molar-refractivity contribution in [3.8, 4) is 6.07 Å². The van der Waals surface area contributed by atoms with Crippen LogP contribution in [-0.4, -0.2) is 16.1 Å². The molecule has 1 aromatic heterocycles. The second-order valence-corrected chi connectivity index (χ2v) is 4.78. The number of halogens is 1. The number of carbonyl (C=O) groups excluding carboxylic acids is 1. The van der Waals surface area contributed by atoms with E-state index in [4.69, 9.17) is 11.0 Å². The zero-order valence-electron chi connectivity index (χ0n) is 11.6. The quantitative estimate of drug-likeness (QED) is 0.805. The normalized spacial score (nSPS) is 10.4.